The van der Waals surface area contributed by atoms with Crippen LogP contribution in [0, 0.1) is 0 Å². The highest BCUT2D eigenvalue weighted by atomic mass is 16.5. The lowest BCUT2D eigenvalue weighted by molar-refractivity contribution is 0.304. The molecule has 0 unspecified atom stereocenters. The summed E-state index contributed by atoms with van der Waals surface area (Å²) in [5.41, 5.74) is 7.56. The molecule has 0 aromatic heterocycles. The number of nitrogen functional groups attached to an aromatic ring is 1. The van der Waals surface area contributed by atoms with Gasteiger partial charge in [-0.2, -0.15) is 0 Å². The highest BCUT2D eigenvalue weighted by molar-refractivity contribution is 5.46. The predicted molar refractivity (Wildman–Crippen MR) is 68.2 cm³/mol. The minimum Gasteiger partial charge on any atom is -0.497 e. The molecule has 0 spiro atoms. The molecule has 0 aliphatic heterocycles. The zero-order valence-corrected chi connectivity index (χ0v) is 9.72. The van der Waals surface area contributed by atoms with E-state index in [1.807, 2.05) is 48.5 Å². The fourth-order valence-electron chi connectivity index (χ4n) is 1.52. The van der Waals surface area contributed by atoms with Gasteiger partial charge in [-0.25, -0.2) is 0 Å². The standard InChI is InChI=1S/C14H15NO2/c1-16-12-6-4-7-13(9-12)17-10-11-5-2-3-8-14(11)15/h2-9H,10,15H2,1H3. The highest BCUT2D eigenvalue weighted by Crippen LogP contribution is 2.21. The van der Waals surface area contributed by atoms with Crippen molar-refractivity contribution >= 4 is 5.69 Å². The van der Waals surface area contributed by atoms with Gasteiger partial charge in [-0.05, 0) is 18.2 Å². The van der Waals surface area contributed by atoms with Gasteiger partial charge in [0.25, 0.3) is 0 Å². The van der Waals surface area contributed by atoms with E-state index >= 15 is 0 Å². The maximum atomic E-state index is 5.84. The average Bonchev–Trinajstić information content (AvgIpc) is 2.38. The first-order chi connectivity index (χ1) is 8.29. The second-order valence-corrected chi connectivity index (χ2v) is 3.67. The summed E-state index contributed by atoms with van der Waals surface area (Å²) in [6, 6.07) is 15.2. The van der Waals surface area contributed by atoms with Gasteiger partial charge in [0.05, 0.1) is 7.11 Å². The topological polar surface area (TPSA) is 44.5 Å². The van der Waals surface area contributed by atoms with Gasteiger partial charge in [0.15, 0.2) is 0 Å². The summed E-state index contributed by atoms with van der Waals surface area (Å²) in [5, 5.41) is 0. The quantitative estimate of drug-likeness (QED) is 0.820. The van der Waals surface area contributed by atoms with Gasteiger partial charge < -0.3 is 15.2 Å². The number of para-hydroxylation sites is 1. The van der Waals surface area contributed by atoms with Crippen molar-refractivity contribution in [1.29, 1.82) is 0 Å². The van der Waals surface area contributed by atoms with E-state index in [1.165, 1.54) is 0 Å². The minimum absolute atomic E-state index is 0.458. The SMILES string of the molecule is COc1cccc(OCc2ccccc2N)c1. The lowest BCUT2D eigenvalue weighted by Crippen LogP contribution is -1.99. The van der Waals surface area contributed by atoms with E-state index in [1.54, 1.807) is 7.11 Å². The fraction of sp³-hybridized carbons (Fsp3) is 0.143. The maximum absolute atomic E-state index is 5.84. The Morgan fingerprint density at radius 2 is 1.76 bits per heavy atom. The molecule has 2 aromatic rings. The highest BCUT2D eigenvalue weighted by Gasteiger charge is 2.00. The second kappa shape index (κ2) is 5.25. The Labute approximate surface area is 101 Å². The van der Waals surface area contributed by atoms with Gasteiger partial charge in [0.2, 0.25) is 0 Å². The molecule has 0 atom stereocenters. The summed E-state index contributed by atoms with van der Waals surface area (Å²) < 4.78 is 10.8. The smallest absolute Gasteiger partial charge is 0.123 e. The summed E-state index contributed by atoms with van der Waals surface area (Å²) in [6.45, 7) is 0.458. The first-order valence-corrected chi connectivity index (χ1v) is 5.40. The molecule has 0 saturated carbocycles. The zero-order valence-electron chi connectivity index (χ0n) is 9.72. The predicted octanol–water partition coefficient (Wildman–Crippen LogP) is 2.86. The zero-order chi connectivity index (χ0) is 12.1. The molecule has 88 valence electrons. The van der Waals surface area contributed by atoms with E-state index in [0.29, 0.717) is 6.61 Å². The first-order valence-electron chi connectivity index (χ1n) is 5.40. The largest absolute Gasteiger partial charge is 0.497 e. The molecule has 0 amide bonds. The van der Waals surface area contributed by atoms with Crippen LogP contribution in [-0.4, -0.2) is 7.11 Å². The molecular formula is C14H15NO2. The van der Waals surface area contributed by atoms with Crippen molar-refractivity contribution in [1.82, 2.24) is 0 Å². The Kier molecular flexibility index (Phi) is 3.50. The summed E-state index contributed by atoms with van der Waals surface area (Å²) in [5.74, 6) is 1.55. The molecule has 0 fully saturated rings. The third kappa shape index (κ3) is 2.91. The molecular weight excluding hydrogens is 214 g/mol. The number of rotatable bonds is 4. The normalized spacial score (nSPS) is 9.94. The number of nitrogens with two attached hydrogens (primary N) is 1. The Morgan fingerprint density at radius 3 is 2.53 bits per heavy atom. The summed E-state index contributed by atoms with van der Waals surface area (Å²) >= 11 is 0. The molecule has 2 rings (SSSR count). The van der Waals surface area contributed by atoms with Crippen molar-refractivity contribution in [2.75, 3.05) is 12.8 Å². The average molecular weight is 229 g/mol. The van der Waals surface area contributed by atoms with Crippen LogP contribution in [0.1, 0.15) is 5.56 Å². The van der Waals surface area contributed by atoms with Crippen LogP contribution in [-0.2, 0) is 6.61 Å². The van der Waals surface area contributed by atoms with Crippen LogP contribution in [0.3, 0.4) is 0 Å². The Morgan fingerprint density at radius 1 is 1.00 bits per heavy atom. The van der Waals surface area contributed by atoms with Crippen molar-refractivity contribution in [2.45, 2.75) is 6.61 Å². The number of methoxy groups -OCH3 is 1. The number of ether oxygens (including phenoxy) is 2. The Hall–Kier alpha value is -2.16. The Bertz CT molecular complexity index is 497. The third-order valence-corrected chi connectivity index (χ3v) is 2.49. The summed E-state index contributed by atoms with van der Waals surface area (Å²) in [6.07, 6.45) is 0. The van der Waals surface area contributed by atoms with Crippen molar-refractivity contribution in [2.24, 2.45) is 0 Å². The van der Waals surface area contributed by atoms with Crippen LogP contribution >= 0.6 is 0 Å². The van der Waals surface area contributed by atoms with Crippen LogP contribution < -0.4 is 15.2 Å². The molecule has 0 radical (unpaired) electrons. The van der Waals surface area contributed by atoms with Gasteiger partial charge in [-0.3, -0.25) is 0 Å². The third-order valence-electron chi connectivity index (χ3n) is 2.49. The van der Waals surface area contributed by atoms with Crippen LogP contribution in [0.25, 0.3) is 0 Å². The van der Waals surface area contributed by atoms with E-state index in [4.69, 9.17) is 15.2 Å². The van der Waals surface area contributed by atoms with Crippen molar-refractivity contribution in [3.8, 4) is 11.5 Å². The number of hydrogen-bond acceptors (Lipinski definition) is 3. The maximum Gasteiger partial charge on any atom is 0.123 e. The number of benzene rings is 2. The molecule has 2 aromatic carbocycles. The lowest BCUT2D eigenvalue weighted by Gasteiger charge is -2.09. The van der Waals surface area contributed by atoms with Crippen LogP contribution in [0.2, 0.25) is 0 Å². The van der Waals surface area contributed by atoms with E-state index < -0.39 is 0 Å². The van der Waals surface area contributed by atoms with E-state index in [2.05, 4.69) is 0 Å². The first kappa shape index (κ1) is 11.3. The van der Waals surface area contributed by atoms with Crippen molar-refractivity contribution in [3.05, 3.63) is 54.1 Å². The molecule has 17 heavy (non-hydrogen) atoms. The van der Waals surface area contributed by atoms with Crippen LogP contribution in [0.5, 0.6) is 11.5 Å². The van der Waals surface area contributed by atoms with Gasteiger partial charge in [-0.15, -0.1) is 0 Å². The molecule has 0 aliphatic carbocycles. The summed E-state index contributed by atoms with van der Waals surface area (Å²) in [7, 11) is 1.63. The number of hydrogen-bond donors (Lipinski definition) is 1. The van der Waals surface area contributed by atoms with Gasteiger partial charge in [-0.1, -0.05) is 24.3 Å². The van der Waals surface area contributed by atoms with E-state index in [9.17, 15) is 0 Å². The Balaban J connectivity index is 2.05. The molecule has 2 N–H and O–H groups in total. The van der Waals surface area contributed by atoms with Gasteiger partial charge in [0.1, 0.15) is 18.1 Å². The fourth-order valence-corrected chi connectivity index (χ4v) is 1.52. The molecule has 0 aliphatic rings. The number of anilines is 1. The second-order valence-electron chi connectivity index (χ2n) is 3.67. The van der Waals surface area contributed by atoms with Crippen molar-refractivity contribution < 1.29 is 9.47 Å². The van der Waals surface area contributed by atoms with E-state index in [-0.39, 0.29) is 0 Å². The molecule has 3 heteroatoms. The molecule has 3 nitrogen and oxygen atoms in total. The molecule has 0 heterocycles. The van der Waals surface area contributed by atoms with Crippen molar-refractivity contribution in [3.63, 3.8) is 0 Å². The van der Waals surface area contributed by atoms with E-state index in [0.717, 1.165) is 22.7 Å². The summed E-state index contributed by atoms with van der Waals surface area (Å²) in [4.78, 5) is 0. The molecule has 0 saturated heterocycles. The van der Waals surface area contributed by atoms with Gasteiger partial charge in [0, 0.05) is 17.3 Å². The minimum atomic E-state index is 0.458. The van der Waals surface area contributed by atoms with Gasteiger partial charge >= 0.3 is 0 Å². The van der Waals surface area contributed by atoms with Crippen LogP contribution in [0.4, 0.5) is 5.69 Å². The molecule has 0 bridgehead atoms. The van der Waals surface area contributed by atoms with Crippen LogP contribution in [0.15, 0.2) is 48.5 Å². The monoisotopic (exact) mass is 229 g/mol. The lowest BCUT2D eigenvalue weighted by atomic mass is 10.2.